The molecule has 0 aliphatic carbocycles. The summed E-state index contributed by atoms with van der Waals surface area (Å²) in [6, 6.07) is 28.2. The first-order valence-electron chi connectivity index (χ1n) is 16.4. The Balaban J connectivity index is 1.54. The maximum atomic E-state index is 14.8. The van der Waals surface area contributed by atoms with Crippen molar-refractivity contribution < 1.29 is 23.8 Å². The second kappa shape index (κ2) is 18.0. The van der Waals surface area contributed by atoms with Crippen LogP contribution in [0.1, 0.15) is 69.7 Å². The number of carbonyl (C=O) groups excluding carboxylic acids is 2. The van der Waals surface area contributed by atoms with Gasteiger partial charge in [0.2, 0.25) is 0 Å². The van der Waals surface area contributed by atoms with Crippen LogP contribution in [0.2, 0.25) is 0 Å². The van der Waals surface area contributed by atoms with E-state index in [2.05, 4.69) is 10.6 Å². The third kappa shape index (κ3) is 11.0. The van der Waals surface area contributed by atoms with Crippen LogP contribution in [0, 0.1) is 12.7 Å². The van der Waals surface area contributed by atoms with E-state index in [1.54, 1.807) is 24.3 Å². The Morgan fingerprint density at radius 3 is 2.13 bits per heavy atom. The lowest BCUT2D eigenvalue weighted by molar-refractivity contribution is 0.0755. The van der Waals surface area contributed by atoms with Gasteiger partial charge in [-0.1, -0.05) is 74.5 Å². The number of nitrogens with one attached hydrogen (secondary N) is 2. The van der Waals surface area contributed by atoms with Crippen molar-refractivity contribution in [2.45, 2.75) is 65.3 Å². The smallest absolute Gasteiger partial charge is 0.253 e. The molecule has 4 aromatic carbocycles. The van der Waals surface area contributed by atoms with Gasteiger partial charge in [0.05, 0.1) is 12.1 Å². The number of aliphatic hydroxyl groups is 1. The molecule has 0 spiro atoms. The number of aryl methyl sites for hydroxylation is 1. The molecule has 2 atom stereocenters. The maximum absolute atomic E-state index is 14.8. The Labute approximate surface area is 277 Å². The summed E-state index contributed by atoms with van der Waals surface area (Å²) in [4.78, 5) is 28.9. The number of aliphatic hydroxyl groups excluding tert-OH is 1. The van der Waals surface area contributed by atoms with Gasteiger partial charge >= 0.3 is 0 Å². The minimum absolute atomic E-state index is 0.115. The Morgan fingerprint density at radius 1 is 0.830 bits per heavy atom. The van der Waals surface area contributed by atoms with E-state index in [1.165, 1.54) is 12.1 Å². The van der Waals surface area contributed by atoms with Gasteiger partial charge in [0.1, 0.15) is 18.2 Å². The standard InChI is InChI=1S/C39H46FN3O4/c1-4-16-43(17-5-2)39(46)33-19-28(3)18-32(23-33)38(45)42-36(37(44)26-41-25-29-12-8-6-9-13-29)22-31-20-34(40)24-35(21-31)47-27-30-14-10-7-11-15-30/h6-15,18-21,23-24,36-37,41,44H,4-5,16-17,22,25-27H2,1-3H3,(H,42,45)/t36-,37+/m0/s1. The summed E-state index contributed by atoms with van der Waals surface area (Å²) in [6.45, 7) is 8.18. The summed E-state index contributed by atoms with van der Waals surface area (Å²) in [5.74, 6) is -0.658. The normalized spacial score (nSPS) is 12.3. The Morgan fingerprint density at radius 2 is 1.47 bits per heavy atom. The fourth-order valence-electron chi connectivity index (χ4n) is 5.53. The largest absolute Gasteiger partial charge is 0.489 e. The van der Waals surface area contributed by atoms with Gasteiger partial charge in [0, 0.05) is 43.4 Å². The summed E-state index contributed by atoms with van der Waals surface area (Å²) in [5, 5.41) is 17.6. The molecule has 0 heterocycles. The highest BCUT2D eigenvalue weighted by molar-refractivity contribution is 6.00. The number of carbonyl (C=O) groups is 2. The van der Waals surface area contributed by atoms with Crippen LogP contribution in [-0.2, 0) is 19.6 Å². The second-order valence-electron chi connectivity index (χ2n) is 11.9. The minimum atomic E-state index is -1.00. The Bertz CT molecular complexity index is 1580. The van der Waals surface area contributed by atoms with Crippen LogP contribution in [0.4, 0.5) is 4.39 Å². The Hall–Kier alpha value is -4.53. The SMILES string of the molecule is CCCN(CCC)C(=O)c1cc(C)cc(C(=O)N[C@@H](Cc2cc(F)cc(OCc3ccccc3)c2)[C@H](O)CNCc2ccccc2)c1. The van der Waals surface area contributed by atoms with Crippen LogP contribution in [-0.4, -0.2) is 53.6 Å². The van der Waals surface area contributed by atoms with Gasteiger partial charge in [-0.15, -0.1) is 0 Å². The summed E-state index contributed by atoms with van der Waals surface area (Å²) in [7, 11) is 0. The number of benzene rings is 4. The van der Waals surface area contributed by atoms with E-state index in [0.717, 1.165) is 29.5 Å². The number of amides is 2. The van der Waals surface area contributed by atoms with Crippen molar-refractivity contribution in [3.05, 3.63) is 136 Å². The van der Waals surface area contributed by atoms with Crippen LogP contribution in [0.3, 0.4) is 0 Å². The average molecular weight is 640 g/mol. The second-order valence-corrected chi connectivity index (χ2v) is 11.9. The molecule has 0 bridgehead atoms. The van der Waals surface area contributed by atoms with Crippen LogP contribution < -0.4 is 15.4 Å². The number of rotatable bonds is 17. The highest BCUT2D eigenvalue weighted by Gasteiger charge is 2.24. The number of halogens is 1. The molecular weight excluding hydrogens is 593 g/mol. The van der Waals surface area contributed by atoms with E-state index in [4.69, 9.17) is 4.74 Å². The van der Waals surface area contributed by atoms with Crippen molar-refractivity contribution in [2.24, 2.45) is 0 Å². The first-order chi connectivity index (χ1) is 22.7. The molecule has 0 radical (unpaired) electrons. The first kappa shape index (κ1) is 35.3. The van der Waals surface area contributed by atoms with Gasteiger partial charge in [0.15, 0.2) is 0 Å². The highest BCUT2D eigenvalue weighted by Crippen LogP contribution is 2.21. The molecule has 47 heavy (non-hydrogen) atoms. The molecule has 0 aliphatic heterocycles. The van der Waals surface area contributed by atoms with Crippen LogP contribution in [0.25, 0.3) is 0 Å². The number of ether oxygens (including phenoxy) is 1. The van der Waals surface area contributed by atoms with Crippen molar-refractivity contribution in [3.8, 4) is 5.75 Å². The third-order valence-corrected chi connectivity index (χ3v) is 7.80. The first-order valence-corrected chi connectivity index (χ1v) is 16.4. The van der Waals surface area contributed by atoms with Gasteiger partial charge < -0.3 is 25.4 Å². The number of hydrogen-bond acceptors (Lipinski definition) is 5. The fourth-order valence-corrected chi connectivity index (χ4v) is 5.53. The average Bonchev–Trinajstić information content (AvgIpc) is 3.07. The van der Waals surface area contributed by atoms with Gasteiger partial charge in [0.25, 0.3) is 11.8 Å². The summed E-state index contributed by atoms with van der Waals surface area (Å²) in [5.41, 5.74) is 4.12. The van der Waals surface area contributed by atoms with Crippen LogP contribution >= 0.6 is 0 Å². The van der Waals surface area contributed by atoms with Gasteiger partial charge in [-0.3, -0.25) is 9.59 Å². The predicted molar refractivity (Wildman–Crippen MR) is 184 cm³/mol. The molecule has 2 amide bonds. The molecule has 0 saturated carbocycles. The summed E-state index contributed by atoms with van der Waals surface area (Å²) >= 11 is 0. The molecule has 248 valence electrons. The molecule has 8 heteroatoms. The zero-order valence-corrected chi connectivity index (χ0v) is 27.5. The maximum Gasteiger partial charge on any atom is 0.253 e. The topological polar surface area (TPSA) is 90.9 Å². The van der Waals surface area contributed by atoms with E-state index in [0.29, 0.717) is 42.1 Å². The zero-order valence-electron chi connectivity index (χ0n) is 27.5. The molecule has 4 aromatic rings. The van der Waals surface area contributed by atoms with Gasteiger partial charge in [-0.05, 0) is 78.8 Å². The van der Waals surface area contributed by atoms with E-state index < -0.39 is 23.9 Å². The molecule has 0 aromatic heterocycles. The molecule has 0 unspecified atom stereocenters. The molecule has 0 saturated heterocycles. The zero-order chi connectivity index (χ0) is 33.6. The van der Waals surface area contributed by atoms with Crippen LogP contribution in [0.5, 0.6) is 5.75 Å². The summed E-state index contributed by atoms with van der Waals surface area (Å²) < 4.78 is 20.7. The highest BCUT2D eigenvalue weighted by atomic mass is 19.1. The van der Waals surface area contributed by atoms with E-state index in [1.807, 2.05) is 86.3 Å². The number of nitrogens with zero attached hydrogens (tertiary/aromatic N) is 1. The molecule has 0 fully saturated rings. The van der Waals surface area contributed by atoms with E-state index in [9.17, 15) is 19.1 Å². The van der Waals surface area contributed by atoms with Gasteiger partial charge in [-0.25, -0.2) is 4.39 Å². The summed E-state index contributed by atoms with van der Waals surface area (Å²) in [6.07, 6.45) is 0.816. The lowest BCUT2D eigenvalue weighted by atomic mass is 9.99. The minimum Gasteiger partial charge on any atom is -0.489 e. The fraction of sp³-hybridized carbons (Fsp3) is 0.333. The predicted octanol–water partition coefficient (Wildman–Crippen LogP) is 6.47. The Kier molecular flexibility index (Phi) is 13.5. The quantitative estimate of drug-likeness (QED) is 0.123. The monoisotopic (exact) mass is 639 g/mol. The van der Waals surface area contributed by atoms with Crippen molar-refractivity contribution in [2.75, 3.05) is 19.6 Å². The molecule has 7 nitrogen and oxygen atoms in total. The third-order valence-electron chi connectivity index (χ3n) is 7.80. The number of hydrogen-bond donors (Lipinski definition) is 3. The molecule has 3 N–H and O–H groups in total. The molecule has 4 rings (SSSR count). The van der Waals surface area contributed by atoms with Crippen molar-refractivity contribution in [1.29, 1.82) is 0 Å². The van der Waals surface area contributed by atoms with Crippen molar-refractivity contribution in [1.82, 2.24) is 15.5 Å². The van der Waals surface area contributed by atoms with E-state index in [-0.39, 0.29) is 25.5 Å². The molecular formula is C39H46FN3O4. The van der Waals surface area contributed by atoms with E-state index >= 15 is 0 Å². The van der Waals surface area contributed by atoms with Crippen molar-refractivity contribution >= 4 is 11.8 Å². The molecule has 0 aliphatic rings. The lowest BCUT2D eigenvalue weighted by Crippen LogP contribution is -2.48. The lowest BCUT2D eigenvalue weighted by Gasteiger charge is -2.26. The van der Waals surface area contributed by atoms with Crippen LogP contribution in [0.15, 0.2) is 97.1 Å². The van der Waals surface area contributed by atoms with Gasteiger partial charge in [-0.2, -0.15) is 0 Å². The van der Waals surface area contributed by atoms with Crippen molar-refractivity contribution in [3.63, 3.8) is 0 Å².